The molecule has 0 radical (unpaired) electrons. The van der Waals surface area contributed by atoms with Crippen LogP contribution in [-0.2, 0) is 12.8 Å². The van der Waals surface area contributed by atoms with Gasteiger partial charge in [0, 0.05) is 10.1 Å². The van der Waals surface area contributed by atoms with Gasteiger partial charge in [-0.25, -0.2) is 0 Å². The lowest BCUT2D eigenvalue weighted by Crippen LogP contribution is -2.08. The van der Waals surface area contributed by atoms with Crippen molar-refractivity contribution in [2.45, 2.75) is 108 Å². The molecule has 2 unspecified atom stereocenters. The molecule has 142 valence electrons. The molecule has 2 heteroatoms. The molecule has 0 spiro atoms. The topological polar surface area (TPSA) is 20.2 Å². The van der Waals surface area contributed by atoms with Gasteiger partial charge in [0.05, 0.1) is 0 Å². The number of phenolic OH excluding ortho intramolecular Hbond substituents is 1. The van der Waals surface area contributed by atoms with E-state index in [4.69, 9.17) is 0 Å². The van der Waals surface area contributed by atoms with Gasteiger partial charge in [-0.1, -0.05) is 78.6 Å². The van der Waals surface area contributed by atoms with E-state index in [1.54, 1.807) is 0 Å². The van der Waals surface area contributed by atoms with Crippen LogP contribution in [0.1, 0.15) is 96.1 Å². The zero-order chi connectivity index (χ0) is 18.1. The quantitative estimate of drug-likeness (QED) is 0.410. The van der Waals surface area contributed by atoms with E-state index in [2.05, 4.69) is 26.8 Å². The lowest BCUT2D eigenvalue weighted by molar-refractivity contribution is 0.443. The van der Waals surface area contributed by atoms with Crippen LogP contribution in [0.2, 0.25) is 0 Å². The van der Waals surface area contributed by atoms with Crippen LogP contribution in [-0.4, -0.2) is 10.4 Å². The first-order chi connectivity index (χ1) is 12.1. The van der Waals surface area contributed by atoms with Gasteiger partial charge in [-0.2, -0.15) is 0 Å². The van der Waals surface area contributed by atoms with Crippen LogP contribution in [0.25, 0.3) is 0 Å². The summed E-state index contributed by atoms with van der Waals surface area (Å²) in [6.45, 7) is 6.93. The van der Waals surface area contributed by atoms with Crippen LogP contribution >= 0.6 is 11.8 Å². The fourth-order valence-electron chi connectivity index (χ4n) is 3.86. The Kier molecular flexibility index (Phi) is 9.23. The van der Waals surface area contributed by atoms with Crippen LogP contribution in [0, 0.1) is 5.92 Å². The summed E-state index contributed by atoms with van der Waals surface area (Å²) in [5, 5.41) is 11.1. The highest BCUT2D eigenvalue weighted by molar-refractivity contribution is 8.00. The normalized spacial score (nSPS) is 18.1. The lowest BCUT2D eigenvalue weighted by atomic mass is 9.93. The second kappa shape index (κ2) is 11.2. The Hall–Kier alpha value is -0.630. The number of phenols is 1. The molecule has 0 amide bonds. The van der Waals surface area contributed by atoms with Crippen molar-refractivity contribution >= 4 is 11.8 Å². The summed E-state index contributed by atoms with van der Waals surface area (Å²) in [6.07, 6.45) is 15.7. The standard InChI is InChI=1S/C23H38OS/c1-4-5-6-7-8-9-10-11-12-18(2)15-21-17-23-20(16-22(21)24)14-13-19(3)25-23/h16-19,24H,4-15H2,1-3H3. The van der Waals surface area contributed by atoms with Crippen molar-refractivity contribution in [1.82, 2.24) is 0 Å². The summed E-state index contributed by atoms with van der Waals surface area (Å²) in [6, 6.07) is 4.31. The van der Waals surface area contributed by atoms with Gasteiger partial charge in [0.1, 0.15) is 5.75 Å². The second-order valence-corrected chi connectivity index (χ2v) is 9.61. The SMILES string of the molecule is CCCCCCCCCCC(C)Cc1cc2c(cc1O)CCC(C)S2. The summed E-state index contributed by atoms with van der Waals surface area (Å²) in [7, 11) is 0. The summed E-state index contributed by atoms with van der Waals surface area (Å²) in [4.78, 5) is 1.41. The smallest absolute Gasteiger partial charge is 0.119 e. The van der Waals surface area contributed by atoms with Gasteiger partial charge in [0.25, 0.3) is 0 Å². The number of thioether (sulfide) groups is 1. The molecule has 1 aliphatic heterocycles. The minimum absolute atomic E-state index is 0.525. The highest BCUT2D eigenvalue weighted by Gasteiger charge is 2.18. The molecule has 0 saturated carbocycles. The average molecular weight is 363 g/mol. The molecule has 2 rings (SSSR count). The van der Waals surface area contributed by atoms with Crippen molar-refractivity contribution < 1.29 is 5.11 Å². The first-order valence-corrected chi connectivity index (χ1v) is 11.5. The van der Waals surface area contributed by atoms with E-state index in [1.165, 1.54) is 74.7 Å². The summed E-state index contributed by atoms with van der Waals surface area (Å²) in [5.41, 5.74) is 2.51. The largest absolute Gasteiger partial charge is 0.508 e. The average Bonchev–Trinajstić information content (AvgIpc) is 2.58. The minimum Gasteiger partial charge on any atom is -0.508 e. The van der Waals surface area contributed by atoms with Crippen molar-refractivity contribution in [3.63, 3.8) is 0 Å². The third-order valence-corrected chi connectivity index (χ3v) is 6.80. The molecule has 1 aromatic rings. The second-order valence-electron chi connectivity index (χ2n) is 8.13. The fourth-order valence-corrected chi connectivity index (χ4v) is 5.05. The van der Waals surface area contributed by atoms with Gasteiger partial charge in [-0.05, 0) is 48.4 Å². The maximum absolute atomic E-state index is 10.4. The van der Waals surface area contributed by atoms with E-state index >= 15 is 0 Å². The monoisotopic (exact) mass is 362 g/mol. The molecule has 1 aliphatic rings. The van der Waals surface area contributed by atoms with Crippen LogP contribution in [0.5, 0.6) is 5.75 Å². The Balaban J connectivity index is 1.70. The van der Waals surface area contributed by atoms with Crippen LogP contribution in [0.15, 0.2) is 17.0 Å². The molecule has 0 aromatic heterocycles. The zero-order valence-electron chi connectivity index (χ0n) is 16.7. The molecule has 1 heterocycles. The molecule has 25 heavy (non-hydrogen) atoms. The Morgan fingerprint density at radius 3 is 2.48 bits per heavy atom. The highest BCUT2D eigenvalue weighted by Crippen LogP contribution is 2.39. The van der Waals surface area contributed by atoms with Gasteiger partial charge in [0.15, 0.2) is 0 Å². The van der Waals surface area contributed by atoms with E-state index in [1.807, 2.05) is 17.8 Å². The van der Waals surface area contributed by atoms with Gasteiger partial charge >= 0.3 is 0 Å². The Labute approximate surface area is 160 Å². The molecule has 0 aliphatic carbocycles. The predicted octanol–water partition coefficient (Wildman–Crippen LogP) is 7.53. The first-order valence-electron chi connectivity index (χ1n) is 10.6. The molecule has 1 aromatic carbocycles. The number of benzene rings is 1. The summed E-state index contributed by atoms with van der Waals surface area (Å²) >= 11 is 1.98. The lowest BCUT2D eigenvalue weighted by Gasteiger charge is -2.23. The number of aromatic hydroxyl groups is 1. The van der Waals surface area contributed by atoms with Crippen LogP contribution in [0.4, 0.5) is 0 Å². The number of fused-ring (bicyclic) bond motifs is 1. The van der Waals surface area contributed by atoms with Gasteiger partial charge in [-0.15, -0.1) is 11.8 Å². The van der Waals surface area contributed by atoms with E-state index in [0.29, 0.717) is 16.9 Å². The van der Waals surface area contributed by atoms with Gasteiger partial charge < -0.3 is 5.11 Å². The van der Waals surface area contributed by atoms with Crippen LogP contribution < -0.4 is 0 Å². The van der Waals surface area contributed by atoms with Crippen molar-refractivity contribution in [3.05, 3.63) is 23.3 Å². The van der Waals surface area contributed by atoms with Crippen molar-refractivity contribution in [3.8, 4) is 5.75 Å². The maximum Gasteiger partial charge on any atom is 0.119 e. The molecular weight excluding hydrogens is 324 g/mol. The van der Waals surface area contributed by atoms with E-state index in [9.17, 15) is 5.11 Å². The van der Waals surface area contributed by atoms with E-state index in [-0.39, 0.29) is 0 Å². The number of rotatable bonds is 11. The maximum atomic E-state index is 10.4. The molecule has 0 saturated heterocycles. The van der Waals surface area contributed by atoms with Crippen molar-refractivity contribution in [2.24, 2.45) is 5.92 Å². The number of hydrogen-bond donors (Lipinski definition) is 1. The van der Waals surface area contributed by atoms with E-state index < -0.39 is 0 Å². The Morgan fingerprint density at radius 1 is 1.08 bits per heavy atom. The highest BCUT2D eigenvalue weighted by atomic mass is 32.2. The molecular formula is C23H38OS. The number of aryl methyl sites for hydroxylation is 1. The first kappa shape index (κ1) is 20.7. The van der Waals surface area contributed by atoms with E-state index in [0.717, 1.165) is 18.4 Å². The minimum atomic E-state index is 0.525. The Morgan fingerprint density at radius 2 is 1.76 bits per heavy atom. The molecule has 1 N–H and O–H groups in total. The van der Waals surface area contributed by atoms with Crippen molar-refractivity contribution in [1.29, 1.82) is 0 Å². The summed E-state index contributed by atoms with van der Waals surface area (Å²) in [5.74, 6) is 1.19. The Bertz CT molecular complexity index is 511. The third kappa shape index (κ3) is 7.25. The molecule has 0 bridgehead atoms. The van der Waals surface area contributed by atoms with Gasteiger partial charge in [0.2, 0.25) is 0 Å². The molecule has 2 atom stereocenters. The van der Waals surface area contributed by atoms with Gasteiger partial charge in [-0.3, -0.25) is 0 Å². The third-order valence-electron chi connectivity index (χ3n) is 5.53. The fraction of sp³-hybridized carbons (Fsp3) is 0.739. The molecule has 0 fully saturated rings. The summed E-state index contributed by atoms with van der Waals surface area (Å²) < 4.78 is 0. The van der Waals surface area contributed by atoms with Crippen molar-refractivity contribution in [2.75, 3.05) is 0 Å². The number of unbranched alkanes of at least 4 members (excludes halogenated alkanes) is 7. The predicted molar refractivity (Wildman–Crippen MR) is 112 cm³/mol. The zero-order valence-corrected chi connectivity index (χ0v) is 17.5. The van der Waals surface area contributed by atoms with Crippen LogP contribution in [0.3, 0.4) is 0 Å². The number of hydrogen-bond acceptors (Lipinski definition) is 2. The molecule has 1 nitrogen and oxygen atoms in total.